The molecule has 0 saturated carbocycles. The number of aromatic nitrogens is 4. The number of nitrogens with zero attached hydrogens (tertiary/aromatic N) is 5. The molecule has 9 heteroatoms. The Kier molecular flexibility index (Phi) is 4.99. The molecular formula is C17H21N7O2. The highest BCUT2D eigenvalue weighted by atomic mass is 16.2. The molecule has 136 valence electrons. The molecule has 26 heavy (non-hydrogen) atoms. The molecule has 0 radical (unpaired) electrons. The normalized spacial score (nSPS) is 10.9. The van der Waals surface area contributed by atoms with Crippen LogP contribution in [0.25, 0.3) is 10.9 Å². The second kappa shape index (κ2) is 7.36. The fourth-order valence-electron chi connectivity index (χ4n) is 2.66. The number of anilines is 1. The number of fused-ring (bicyclic) bond motifs is 1. The smallest absolute Gasteiger partial charge is 0.322 e. The molecule has 0 aliphatic carbocycles. The SMILES string of the molecule is CN(C)C(=O)Nc1cnn(CC(=O)n2cc(CCN)c3ccccc32)n1. The molecule has 1 aromatic carbocycles. The first kappa shape index (κ1) is 17.6. The van der Waals surface area contributed by atoms with E-state index < -0.39 is 0 Å². The number of hydrogen-bond donors (Lipinski definition) is 2. The van der Waals surface area contributed by atoms with Gasteiger partial charge in [0.1, 0.15) is 6.54 Å². The standard InChI is InChI=1S/C17H21N7O2/c1-22(2)17(26)20-15-9-19-24(21-15)11-16(25)23-10-12(7-8-18)13-5-3-4-6-14(13)23/h3-6,9-10H,7-8,11,18H2,1-2H3,(H,20,21,26). The van der Waals surface area contributed by atoms with E-state index in [0.29, 0.717) is 13.0 Å². The first-order valence-electron chi connectivity index (χ1n) is 8.20. The molecule has 9 nitrogen and oxygen atoms in total. The summed E-state index contributed by atoms with van der Waals surface area (Å²) in [5, 5.41) is 11.7. The predicted octanol–water partition coefficient (Wildman–Crippen LogP) is 1.17. The minimum atomic E-state index is -0.314. The van der Waals surface area contributed by atoms with E-state index in [1.54, 1.807) is 18.7 Å². The largest absolute Gasteiger partial charge is 0.331 e. The molecule has 0 aliphatic rings. The van der Waals surface area contributed by atoms with Gasteiger partial charge >= 0.3 is 6.03 Å². The van der Waals surface area contributed by atoms with Gasteiger partial charge in [-0.25, -0.2) is 4.79 Å². The number of rotatable bonds is 5. The summed E-state index contributed by atoms with van der Waals surface area (Å²) in [5.41, 5.74) is 7.53. The van der Waals surface area contributed by atoms with Crippen LogP contribution in [0.15, 0.2) is 36.7 Å². The van der Waals surface area contributed by atoms with Crippen LogP contribution in [0.3, 0.4) is 0 Å². The lowest BCUT2D eigenvalue weighted by molar-refractivity contribution is 0.0886. The van der Waals surface area contributed by atoms with Crippen molar-refractivity contribution in [2.24, 2.45) is 5.73 Å². The third-order valence-corrected chi connectivity index (χ3v) is 3.93. The van der Waals surface area contributed by atoms with Gasteiger partial charge in [-0.2, -0.15) is 9.90 Å². The van der Waals surface area contributed by atoms with Crippen LogP contribution in [0.2, 0.25) is 0 Å². The molecular weight excluding hydrogens is 334 g/mol. The van der Waals surface area contributed by atoms with Gasteiger partial charge in [0.15, 0.2) is 5.82 Å². The van der Waals surface area contributed by atoms with Crippen LogP contribution in [0.5, 0.6) is 0 Å². The van der Waals surface area contributed by atoms with Gasteiger partial charge in [-0.05, 0) is 24.6 Å². The number of amides is 2. The van der Waals surface area contributed by atoms with Crippen molar-refractivity contribution in [2.45, 2.75) is 13.0 Å². The minimum absolute atomic E-state index is 0.0431. The number of nitrogens with two attached hydrogens (primary N) is 1. The summed E-state index contributed by atoms with van der Waals surface area (Å²) >= 11 is 0. The number of carbonyl (C=O) groups excluding carboxylic acids is 2. The summed E-state index contributed by atoms with van der Waals surface area (Å²) in [6.45, 7) is 0.469. The third-order valence-electron chi connectivity index (χ3n) is 3.93. The Morgan fingerprint density at radius 2 is 2.04 bits per heavy atom. The average Bonchev–Trinajstić information content (AvgIpc) is 3.20. The van der Waals surface area contributed by atoms with Crippen LogP contribution in [0, 0.1) is 0 Å². The van der Waals surface area contributed by atoms with Crippen LogP contribution in [0.4, 0.5) is 10.6 Å². The highest BCUT2D eigenvalue weighted by Crippen LogP contribution is 2.21. The lowest BCUT2D eigenvalue weighted by atomic mass is 10.1. The topological polar surface area (TPSA) is 111 Å². The molecule has 0 bridgehead atoms. The fraction of sp³-hybridized carbons (Fsp3) is 0.294. The Labute approximate surface area is 150 Å². The quantitative estimate of drug-likeness (QED) is 0.714. The summed E-state index contributed by atoms with van der Waals surface area (Å²) in [5.74, 6) is 0.114. The summed E-state index contributed by atoms with van der Waals surface area (Å²) in [4.78, 5) is 27.0. The Hall–Kier alpha value is -3.20. The Balaban J connectivity index is 1.80. The maximum atomic E-state index is 12.7. The second-order valence-corrected chi connectivity index (χ2v) is 6.06. The molecule has 3 aromatic rings. The van der Waals surface area contributed by atoms with Crippen LogP contribution in [-0.4, -0.2) is 57.0 Å². The number of carbonyl (C=O) groups is 2. The van der Waals surface area contributed by atoms with Crippen LogP contribution in [-0.2, 0) is 13.0 Å². The van der Waals surface area contributed by atoms with E-state index in [4.69, 9.17) is 5.73 Å². The van der Waals surface area contributed by atoms with Gasteiger partial charge in [0, 0.05) is 25.7 Å². The van der Waals surface area contributed by atoms with Crippen LogP contribution >= 0.6 is 0 Å². The summed E-state index contributed by atoms with van der Waals surface area (Å²) in [7, 11) is 3.25. The van der Waals surface area contributed by atoms with Crippen LogP contribution < -0.4 is 11.1 Å². The molecule has 2 heterocycles. The molecule has 3 rings (SSSR count). The zero-order valence-electron chi connectivity index (χ0n) is 14.7. The summed E-state index contributed by atoms with van der Waals surface area (Å²) < 4.78 is 1.60. The van der Waals surface area contributed by atoms with E-state index in [2.05, 4.69) is 15.5 Å². The molecule has 0 fully saturated rings. The summed E-state index contributed by atoms with van der Waals surface area (Å²) in [6, 6.07) is 7.38. The molecule has 0 spiro atoms. The van der Waals surface area contributed by atoms with Gasteiger partial charge in [-0.3, -0.25) is 14.7 Å². The zero-order chi connectivity index (χ0) is 18.7. The fourth-order valence-corrected chi connectivity index (χ4v) is 2.66. The molecule has 0 aliphatic heterocycles. The number of para-hydroxylation sites is 1. The number of urea groups is 1. The van der Waals surface area contributed by atoms with Crippen molar-refractivity contribution < 1.29 is 9.59 Å². The molecule has 2 amide bonds. The van der Waals surface area contributed by atoms with Crippen molar-refractivity contribution in [3.63, 3.8) is 0 Å². The van der Waals surface area contributed by atoms with Gasteiger partial charge in [-0.15, -0.1) is 5.10 Å². The Bertz CT molecular complexity index is 942. The lowest BCUT2D eigenvalue weighted by Gasteiger charge is -2.09. The van der Waals surface area contributed by atoms with Gasteiger partial charge in [0.05, 0.1) is 11.7 Å². The van der Waals surface area contributed by atoms with Crippen molar-refractivity contribution in [1.29, 1.82) is 0 Å². The predicted molar refractivity (Wildman–Crippen MR) is 98.1 cm³/mol. The van der Waals surface area contributed by atoms with E-state index in [1.807, 2.05) is 30.5 Å². The van der Waals surface area contributed by atoms with Gasteiger partial charge in [0.25, 0.3) is 5.91 Å². The zero-order valence-corrected chi connectivity index (χ0v) is 14.7. The van der Waals surface area contributed by atoms with Crippen molar-refractivity contribution in [2.75, 3.05) is 26.0 Å². The van der Waals surface area contributed by atoms with Crippen molar-refractivity contribution in [3.8, 4) is 0 Å². The number of hydrogen-bond acceptors (Lipinski definition) is 5. The molecule has 0 unspecified atom stereocenters. The Morgan fingerprint density at radius 3 is 2.77 bits per heavy atom. The molecule has 0 atom stereocenters. The van der Waals surface area contributed by atoms with Gasteiger partial charge in [-0.1, -0.05) is 18.2 Å². The van der Waals surface area contributed by atoms with Gasteiger partial charge < -0.3 is 10.6 Å². The maximum absolute atomic E-state index is 12.7. The maximum Gasteiger partial charge on any atom is 0.322 e. The highest BCUT2D eigenvalue weighted by molar-refractivity contribution is 5.94. The highest BCUT2D eigenvalue weighted by Gasteiger charge is 2.15. The van der Waals surface area contributed by atoms with E-state index >= 15 is 0 Å². The van der Waals surface area contributed by atoms with E-state index in [0.717, 1.165) is 16.5 Å². The summed E-state index contributed by atoms with van der Waals surface area (Å²) in [6.07, 6.45) is 3.92. The van der Waals surface area contributed by atoms with E-state index in [9.17, 15) is 9.59 Å². The van der Waals surface area contributed by atoms with Crippen molar-refractivity contribution in [1.82, 2.24) is 24.5 Å². The van der Waals surface area contributed by atoms with Crippen molar-refractivity contribution >= 4 is 28.7 Å². The molecule has 3 N–H and O–H groups in total. The first-order valence-corrected chi connectivity index (χ1v) is 8.20. The van der Waals surface area contributed by atoms with E-state index in [-0.39, 0.29) is 24.3 Å². The number of benzene rings is 1. The second-order valence-electron chi connectivity index (χ2n) is 6.06. The lowest BCUT2D eigenvalue weighted by Crippen LogP contribution is -2.27. The third kappa shape index (κ3) is 3.57. The molecule has 0 saturated heterocycles. The average molecular weight is 355 g/mol. The monoisotopic (exact) mass is 355 g/mol. The van der Waals surface area contributed by atoms with Gasteiger partial charge in [0.2, 0.25) is 0 Å². The molecule has 2 aromatic heterocycles. The minimum Gasteiger partial charge on any atom is -0.331 e. The Morgan fingerprint density at radius 1 is 1.27 bits per heavy atom. The number of nitrogens with one attached hydrogen (secondary N) is 1. The van der Waals surface area contributed by atoms with Crippen LogP contribution in [0.1, 0.15) is 10.4 Å². The van der Waals surface area contributed by atoms with Crippen molar-refractivity contribution in [3.05, 3.63) is 42.2 Å². The first-order chi connectivity index (χ1) is 12.5. The van der Waals surface area contributed by atoms with E-state index in [1.165, 1.54) is 15.9 Å².